The minimum atomic E-state index is 0.412. The summed E-state index contributed by atoms with van der Waals surface area (Å²) >= 11 is 5.09. The molecule has 1 aromatic heterocycles. The minimum absolute atomic E-state index is 0.412. The molecule has 0 spiro atoms. The minimum Gasteiger partial charge on any atom is -0.389 e. The van der Waals surface area contributed by atoms with Crippen LogP contribution in [0, 0.1) is 18.8 Å². The number of hydrogen-bond donors (Lipinski definition) is 2. The smallest absolute Gasteiger partial charge is 0.136 e. The van der Waals surface area contributed by atoms with Gasteiger partial charge in [-0.25, -0.2) is 4.98 Å². The maximum absolute atomic E-state index is 5.76. The average Bonchev–Trinajstić information content (AvgIpc) is 2.45. The molecule has 0 saturated heterocycles. The fourth-order valence-electron chi connectivity index (χ4n) is 2.98. The van der Waals surface area contributed by atoms with Gasteiger partial charge in [0.25, 0.3) is 0 Å². The molecule has 0 unspecified atom stereocenters. The number of hydrogen-bond acceptors (Lipinski definition) is 3. The Morgan fingerprint density at radius 1 is 1.30 bits per heavy atom. The van der Waals surface area contributed by atoms with Crippen LogP contribution in [0.4, 0.5) is 5.82 Å². The highest BCUT2D eigenvalue weighted by molar-refractivity contribution is 7.80. The molecule has 4 heteroatoms. The second-order valence-electron chi connectivity index (χ2n) is 5.89. The Hall–Kier alpha value is -1.16. The summed E-state index contributed by atoms with van der Waals surface area (Å²) in [6, 6.07) is 3.91. The standard InChI is InChI=1S/C16H25N3S/c1-3-12-5-7-13(8-6-12)10-18-16-14(15(17)20)9-4-11(2)19-16/h4,9,12-13H,3,5-8,10H2,1-2H3,(H2,17,20)(H,18,19). The van der Waals surface area contributed by atoms with E-state index in [1.165, 1.54) is 32.1 Å². The molecule has 1 aliphatic carbocycles. The van der Waals surface area contributed by atoms with E-state index in [9.17, 15) is 0 Å². The number of nitrogens with two attached hydrogens (primary N) is 1. The number of nitrogens with zero attached hydrogens (tertiary/aromatic N) is 1. The van der Waals surface area contributed by atoms with Gasteiger partial charge in [0, 0.05) is 12.2 Å². The number of anilines is 1. The molecule has 110 valence electrons. The Morgan fingerprint density at radius 3 is 2.55 bits per heavy atom. The van der Waals surface area contributed by atoms with Crippen LogP contribution < -0.4 is 11.1 Å². The number of aromatic nitrogens is 1. The lowest BCUT2D eigenvalue weighted by Crippen LogP contribution is -2.23. The van der Waals surface area contributed by atoms with Crippen LogP contribution in [0.15, 0.2) is 12.1 Å². The van der Waals surface area contributed by atoms with Gasteiger partial charge < -0.3 is 11.1 Å². The normalized spacial score (nSPS) is 22.5. The van der Waals surface area contributed by atoms with Crippen molar-refractivity contribution in [1.29, 1.82) is 0 Å². The van der Waals surface area contributed by atoms with Crippen molar-refractivity contribution >= 4 is 23.0 Å². The van der Waals surface area contributed by atoms with Crippen molar-refractivity contribution in [2.75, 3.05) is 11.9 Å². The topological polar surface area (TPSA) is 50.9 Å². The lowest BCUT2D eigenvalue weighted by Gasteiger charge is -2.28. The van der Waals surface area contributed by atoms with E-state index in [2.05, 4.69) is 17.2 Å². The lowest BCUT2D eigenvalue weighted by molar-refractivity contribution is 0.278. The molecule has 1 heterocycles. The van der Waals surface area contributed by atoms with Crippen LogP contribution in [0.25, 0.3) is 0 Å². The van der Waals surface area contributed by atoms with E-state index in [4.69, 9.17) is 18.0 Å². The summed E-state index contributed by atoms with van der Waals surface area (Å²) in [4.78, 5) is 4.94. The molecular weight excluding hydrogens is 266 g/mol. The van der Waals surface area contributed by atoms with Crippen LogP contribution in [0.5, 0.6) is 0 Å². The molecule has 0 atom stereocenters. The molecule has 0 aromatic carbocycles. The highest BCUT2D eigenvalue weighted by Gasteiger charge is 2.20. The van der Waals surface area contributed by atoms with Crippen molar-refractivity contribution < 1.29 is 0 Å². The SMILES string of the molecule is CCC1CCC(CNc2nc(C)ccc2C(N)=S)CC1. The molecule has 1 fully saturated rings. The largest absolute Gasteiger partial charge is 0.389 e. The van der Waals surface area contributed by atoms with E-state index in [1.807, 2.05) is 19.1 Å². The van der Waals surface area contributed by atoms with Gasteiger partial charge >= 0.3 is 0 Å². The summed E-state index contributed by atoms with van der Waals surface area (Å²) in [6.07, 6.45) is 6.70. The summed E-state index contributed by atoms with van der Waals surface area (Å²) in [5.41, 5.74) is 7.60. The van der Waals surface area contributed by atoms with E-state index in [0.717, 1.165) is 35.5 Å². The first-order chi connectivity index (χ1) is 9.60. The zero-order chi connectivity index (χ0) is 14.5. The van der Waals surface area contributed by atoms with Crippen LogP contribution in [0.2, 0.25) is 0 Å². The molecule has 20 heavy (non-hydrogen) atoms. The third-order valence-electron chi connectivity index (χ3n) is 4.40. The molecule has 0 aliphatic heterocycles. The van der Waals surface area contributed by atoms with Crippen molar-refractivity contribution in [1.82, 2.24) is 4.98 Å². The average molecular weight is 291 g/mol. The van der Waals surface area contributed by atoms with Crippen molar-refractivity contribution in [3.63, 3.8) is 0 Å². The van der Waals surface area contributed by atoms with Gasteiger partial charge in [0.1, 0.15) is 10.8 Å². The molecule has 1 saturated carbocycles. The first kappa shape index (κ1) is 15.2. The Labute approximate surface area is 127 Å². The zero-order valence-corrected chi connectivity index (χ0v) is 13.3. The first-order valence-electron chi connectivity index (χ1n) is 7.61. The summed E-state index contributed by atoms with van der Waals surface area (Å²) in [7, 11) is 0. The number of rotatable bonds is 5. The van der Waals surface area contributed by atoms with E-state index < -0.39 is 0 Å². The lowest BCUT2D eigenvalue weighted by atomic mass is 9.81. The zero-order valence-electron chi connectivity index (χ0n) is 12.5. The molecule has 0 radical (unpaired) electrons. The molecule has 0 amide bonds. The second-order valence-corrected chi connectivity index (χ2v) is 6.33. The number of nitrogens with one attached hydrogen (secondary N) is 1. The van der Waals surface area contributed by atoms with Crippen LogP contribution in [0.3, 0.4) is 0 Å². The second kappa shape index (κ2) is 7.02. The fraction of sp³-hybridized carbons (Fsp3) is 0.625. The van der Waals surface area contributed by atoms with Gasteiger partial charge in [0.15, 0.2) is 0 Å². The molecule has 1 aliphatic rings. The highest BCUT2D eigenvalue weighted by Crippen LogP contribution is 2.30. The van der Waals surface area contributed by atoms with E-state index >= 15 is 0 Å². The molecule has 3 N–H and O–H groups in total. The molecule has 2 rings (SSSR count). The van der Waals surface area contributed by atoms with Crippen molar-refractivity contribution in [3.8, 4) is 0 Å². The predicted molar refractivity (Wildman–Crippen MR) is 89.1 cm³/mol. The van der Waals surface area contributed by atoms with Crippen LogP contribution >= 0.6 is 12.2 Å². The van der Waals surface area contributed by atoms with E-state index in [1.54, 1.807) is 0 Å². The molecule has 3 nitrogen and oxygen atoms in total. The summed E-state index contributed by atoms with van der Waals surface area (Å²) < 4.78 is 0. The number of aryl methyl sites for hydroxylation is 1. The van der Waals surface area contributed by atoms with Crippen molar-refractivity contribution in [2.45, 2.75) is 46.0 Å². The number of thiocarbonyl (C=S) groups is 1. The Kier molecular flexibility index (Phi) is 5.35. The Morgan fingerprint density at radius 2 is 1.95 bits per heavy atom. The van der Waals surface area contributed by atoms with Gasteiger partial charge in [0.2, 0.25) is 0 Å². The number of pyridine rings is 1. The van der Waals surface area contributed by atoms with Gasteiger partial charge in [-0.3, -0.25) is 0 Å². The summed E-state index contributed by atoms with van der Waals surface area (Å²) in [6.45, 7) is 5.26. The maximum Gasteiger partial charge on any atom is 0.136 e. The Bertz CT molecular complexity index is 465. The summed E-state index contributed by atoms with van der Waals surface area (Å²) in [5, 5.41) is 3.46. The van der Waals surface area contributed by atoms with Crippen molar-refractivity contribution in [3.05, 3.63) is 23.4 Å². The third kappa shape index (κ3) is 3.92. The first-order valence-corrected chi connectivity index (χ1v) is 8.02. The molecular formula is C16H25N3S. The fourth-order valence-corrected chi connectivity index (χ4v) is 3.14. The van der Waals surface area contributed by atoms with Crippen LogP contribution in [0.1, 0.15) is 50.3 Å². The maximum atomic E-state index is 5.76. The van der Waals surface area contributed by atoms with Crippen LogP contribution in [-0.2, 0) is 0 Å². The Balaban J connectivity index is 1.94. The van der Waals surface area contributed by atoms with Gasteiger partial charge in [-0.15, -0.1) is 0 Å². The van der Waals surface area contributed by atoms with Gasteiger partial charge in [-0.05, 0) is 43.7 Å². The highest BCUT2D eigenvalue weighted by atomic mass is 32.1. The van der Waals surface area contributed by atoms with Crippen LogP contribution in [-0.4, -0.2) is 16.5 Å². The van der Waals surface area contributed by atoms with E-state index in [-0.39, 0.29) is 0 Å². The van der Waals surface area contributed by atoms with Gasteiger partial charge in [-0.2, -0.15) is 0 Å². The van der Waals surface area contributed by atoms with Crippen molar-refractivity contribution in [2.24, 2.45) is 17.6 Å². The predicted octanol–water partition coefficient (Wildman–Crippen LogP) is 3.65. The molecule has 0 bridgehead atoms. The molecule has 1 aromatic rings. The van der Waals surface area contributed by atoms with Gasteiger partial charge in [0.05, 0.1) is 5.56 Å². The van der Waals surface area contributed by atoms with E-state index in [0.29, 0.717) is 4.99 Å². The quantitative estimate of drug-likeness (QED) is 0.813. The summed E-state index contributed by atoms with van der Waals surface area (Å²) in [5.74, 6) is 2.53. The monoisotopic (exact) mass is 291 g/mol. The van der Waals surface area contributed by atoms with Gasteiger partial charge in [-0.1, -0.05) is 38.4 Å². The third-order valence-corrected chi connectivity index (χ3v) is 4.62.